The highest BCUT2D eigenvalue weighted by Crippen LogP contribution is 2.20. The number of hydrogen-bond acceptors (Lipinski definition) is 2. The summed E-state index contributed by atoms with van der Waals surface area (Å²) in [6.07, 6.45) is 2.24. The van der Waals surface area contributed by atoms with E-state index in [4.69, 9.17) is 22.2 Å². The van der Waals surface area contributed by atoms with E-state index < -0.39 is 6.69 Å². The normalized spacial score (nSPS) is 10.7. The summed E-state index contributed by atoms with van der Waals surface area (Å²) >= 11 is 11.6. The van der Waals surface area contributed by atoms with Crippen molar-refractivity contribution in [2.24, 2.45) is 4.99 Å². The lowest BCUT2D eigenvalue weighted by molar-refractivity contribution is 0.562. The van der Waals surface area contributed by atoms with Crippen LogP contribution in [0, 0.1) is 0 Å². The van der Waals surface area contributed by atoms with Gasteiger partial charge in [0.25, 0.3) is 0 Å². The summed E-state index contributed by atoms with van der Waals surface area (Å²) in [7, 11) is 0. The van der Waals surface area contributed by atoms with Crippen LogP contribution in [0.2, 0.25) is 12.6 Å². The van der Waals surface area contributed by atoms with Gasteiger partial charge in [-0.25, -0.2) is 9.79 Å². The maximum absolute atomic E-state index is 9.58. The molecule has 0 rings (SSSR count). The molecule has 0 aromatic heterocycles. The minimum Gasteiger partial charge on any atom is -0.211 e. The Labute approximate surface area is 70.7 Å². The predicted molar refractivity (Wildman–Crippen MR) is 45.7 cm³/mol. The summed E-state index contributed by atoms with van der Waals surface area (Å²) in [6.45, 7) is 0.387. The molecule has 0 aliphatic heterocycles. The third-order valence-corrected chi connectivity index (χ3v) is 3.32. The smallest absolute Gasteiger partial charge is 0.211 e. The number of carbonyl (C=O) groups excluding carboxylic acids is 1. The molecule has 0 aliphatic carbocycles. The van der Waals surface area contributed by atoms with Gasteiger partial charge in [0.1, 0.15) is 0 Å². The summed E-state index contributed by atoms with van der Waals surface area (Å²) in [5.74, 6) is 0. The predicted octanol–water partition coefficient (Wildman–Crippen LogP) is 2.26. The molecule has 0 amide bonds. The van der Waals surface area contributed by atoms with E-state index in [0.717, 1.165) is 12.5 Å². The molecule has 0 aliphatic rings. The van der Waals surface area contributed by atoms with E-state index in [1.165, 1.54) is 6.08 Å². The molecule has 0 aromatic carbocycles. The Hall–Kier alpha value is 0.177. The van der Waals surface area contributed by atoms with Crippen molar-refractivity contribution in [3.63, 3.8) is 0 Å². The van der Waals surface area contributed by atoms with Gasteiger partial charge < -0.3 is 0 Å². The van der Waals surface area contributed by atoms with Crippen LogP contribution < -0.4 is 0 Å². The zero-order valence-corrected chi connectivity index (χ0v) is 8.24. The summed E-state index contributed by atoms with van der Waals surface area (Å²) in [5.41, 5.74) is 0. The second-order valence-electron chi connectivity index (χ2n) is 2.15. The van der Waals surface area contributed by atoms with Crippen molar-refractivity contribution in [3.05, 3.63) is 0 Å². The van der Waals surface area contributed by atoms with Crippen LogP contribution in [0.5, 0.6) is 0 Å². The first-order valence-corrected chi connectivity index (χ1v) is 7.71. The van der Waals surface area contributed by atoms with Crippen molar-refractivity contribution in [1.29, 1.82) is 0 Å². The quantitative estimate of drug-likeness (QED) is 0.224. The molecule has 0 unspecified atom stereocenters. The van der Waals surface area contributed by atoms with Crippen molar-refractivity contribution in [2.75, 3.05) is 6.54 Å². The van der Waals surface area contributed by atoms with E-state index in [-0.39, 0.29) is 0 Å². The standard InChI is InChI=1S/C5H9Cl2NOSi/c1-10(6,7)4-2-3-8-5-9/h2-4H2,1H3. The van der Waals surface area contributed by atoms with Crippen molar-refractivity contribution in [2.45, 2.75) is 19.0 Å². The SMILES string of the molecule is C[Si](Cl)(Cl)CCCN=C=O. The van der Waals surface area contributed by atoms with Gasteiger partial charge in [-0.05, 0) is 19.0 Å². The number of halogens is 2. The van der Waals surface area contributed by atoms with Gasteiger partial charge in [0.2, 0.25) is 12.8 Å². The van der Waals surface area contributed by atoms with Crippen LogP contribution in [0.25, 0.3) is 0 Å². The van der Waals surface area contributed by atoms with E-state index in [2.05, 4.69) is 4.99 Å². The topological polar surface area (TPSA) is 29.4 Å². The highest BCUT2D eigenvalue weighted by Gasteiger charge is 2.19. The molecule has 5 heteroatoms. The molecule has 0 heterocycles. The zero-order valence-electron chi connectivity index (χ0n) is 5.73. The van der Waals surface area contributed by atoms with Crippen molar-refractivity contribution < 1.29 is 4.79 Å². The summed E-state index contributed by atoms with van der Waals surface area (Å²) in [4.78, 5) is 13.0. The van der Waals surface area contributed by atoms with Crippen LogP contribution in [0.15, 0.2) is 4.99 Å². The zero-order chi connectivity index (χ0) is 8.04. The van der Waals surface area contributed by atoms with E-state index in [1.807, 2.05) is 6.55 Å². The second-order valence-corrected chi connectivity index (χ2v) is 10.4. The van der Waals surface area contributed by atoms with Crippen molar-refractivity contribution in [3.8, 4) is 0 Å². The van der Waals surface area contributed by atoms with Crippen molar-refractivity contribution >= 4 is 34.9 Å². The van der Waals surface area contributed by atoms with Crippen LogP contribution >= 0.6 is 22.2 Å². The Morgan fingerprint density at radius 3 is 2.60 bits per heavy atom. The molecule has 0 spiro atoms. The number of nitrogens with zero attached hydrogens (tertiary/aromatic N) is 1. The molecule has 2 nitrogen and oxygen atoms in total. The third-order valence-electron chi connectivity index (χ3n) is 0.950. The average molecular weight is 198 g/mol. The average Bonchev–Trinajstić information content (AvgIpc) is 1.78. The molecule has 0 fully saturated rings. The summed E-state index contributed by atoms with van der Waals surface area (Å²) < 4.78 is 0. The lowest BCUT2D eigenvalue weighted by atomic mass is 10.5. The van der Waals surface area contributed by atoms with Gasteiger partial charge in [-0.1, -0.05) is 0 Å². The molecular formula is C5H9Cl2NOSi. The minimum atomic E-state index is -1.95. The van der Waals surface area contributed by atoms with E-state index >= 15 is 0 Å². The highest BCUT2D eigenvalue weighted by molar-refractivity contribution is 7.44. The maximum Gasteiger partial charge on any atom is 0.248 e. The lowest BCUT2D eigenvalue weighted by Gasteiger charge is -2.06. The molecule has 0 bridgehead atoms. The molecule has 10 heavy (non-hydrogen) atoms. The number of rotatable bonds is 4. The summed E-state index contributed by atoms with van der Waals surface area (Å²) in [5, 5.41) is 0. The van der Waals surface area contributed by atoms with Crippen molar-refractivity contribution in [1.82, 2.24) is 0 Å². The molecule has 0 aromatic rings. The van der Waals surface area contributed by atoms with Gasteiger partial charge in [0.05, 0.1) is 6.54 Å². The van der Waals surface area contributed by atoms with Crippen LogP contribution in [0.1, 0.15) is 6.42 Å². The molecule has 0 saturated carbocycles. The molecule has 0 atom stereocenters. The number of isocyanates is 1. The van der Waals surface area contributed by atoms with E-state index in [9.17, 15) is 4.79 Å². The fraction of sp³-hybridized carbons (Fsp3) is 0.800. The van der Waals surface area contributed by atoms with Gasteiger partial charge in [0.15, 0.2) is 0 Å². The van der Waals surface area contributed by atoms with Crippen LogP contribution in [-0.4, -0.2) is 19.3 Å². The number of hydrogen-bond donors (Lipinski definition) is 0. The van der Waals surface area contributed by atoms with Crippen LogP contribution in [0.3, 0.4) is 0 Å². The summed E-state index contributed by atoms with van der Waals surface area (Å²) in [6, 6.07) is 0.779. The second kappa shape index (κ2) is 4.91. The van der Waals surface area contributed by atoms with E-state index in [1.54, 1.807) is 0 Å². The Bertz CT molecular complexity index is 139. The monoisotopic (exact) mass is 197 g/mol. The minimum absolute atomic E-state index is 0.492. The largest absolute Gasteiger partial charge is 0.248 e. The Morgan fingerprint density at radius 2 is 2.20 bits per heavy atom. The molecule has 0 N–H and O–H groups in total. The Balaban J connectivity index is 3.28. The Morgan fingerprint density at radius 1 is 1.60 bits per heavy atom. The molecule has 58 valence electrons. The van der Waals surface area contributed by atoms with Gasteiger partial charge in [-0.3, -0.25) is 0 Å². The highest BCUT2D eigenvalue weighted by atomic mass is 35.7. The first-order valence-electron chi connectivity index (χ1n) is 2.98. The fourth-order valence-corrected chi connectivity index (χ4v) is 2.09. The molecular weight excluding hydrogens is 189 g/mol. The van der Waals surface area contributed by atoms with Gasteiger partial charge in [-0.15, -0.1) is 22.2 Å². The fourth-order valence-electron chi connectivity index (χ4n) is 0.514. The van der Waals surface area contributed by atoms with Gasteiger partial charge in [-0.2, -0.15) is 0 Å². The first kappa shape index (κ1) is 10.2. The Kier molecular flexibility index (Phi) is 5.00. The maximum atomic E-state index is 9.58. The molecule has 0 saturated heterocycles. The molecule has 0 radical (unpaired) electrons. The van der Waals surface area contributed by atoms with Gasteiger partial charge >= 0.3 is 0 Å². The first-order chi connectivity index (χ1) is 4.56. The van der Waals surface area contributed by atoms with E-state index in [0.29, 0.717) is 6.54 Å². The number of aliphatic imine (C=N–C) groups is 1. The van der Waals surface area contributed by atoms with Gasteiger partial charge in [0, 0.05) is 0 Å². The lowest BCUT2D eigenvalue weighted by Crippen LogP contribution is -2.11. The van der Waals surface area contributed by atoms with Crippen LogP contribution in [0.4, 0.5) is 0 Å². The van der Waals surface area contributed by atoms with Crippen LogP contribution in [-0.2, 0) is 4.79 Å². The third kappa shape index (κ3) is 8.18.